The molecule has 1 aromatic heterocycles. The van der Waals surface area contributed by atoms with Crippen LogP contribution in [0.2, 0.25) is 0 Å². The molecule has 0 atom stereocenters. The molecule has 2 rings (SSSR count). The molecule has 1 heterocycles. The predicted molar refractivity (Wildman–Crippen MR) is 73.0 cm³/mol. The Kier molecular flexibility index (Phi) is 3.55. The summed E-state index contributed by atoms with van der Waals surface area (Å²) in [6.07, 6.45) is 3.88. The third-order valence-electron chi connectivity index (χ3n) is 3.05. The minimum atomic E-state index is 0.765. The second-order valence-electron chi connectivity index (χ2n) is 4.46. The van der Waals surface area contributed by atoms with Crippen molar-refractivity contribution in [3.63, 3.8) is 0 Å². The van der Waals surface area contributed by atoms with Gasteiger partial charge in [0.15, 0.2) is 0 Å². The van der Waals surface area contributed by atoms with Crippen molar-refractivity contribution in [1.82, 2.24) is 9.78 Å². The smallest absolute Gasteiger partial charge is 0.126 e. The number of nitrogens with zero attached hydrogens (tertiary/aromatic N) is 2. The summed E-state index contributed by atoms with van der Waals surface area (Å²) in [6.45, 7) is 4.88. The van der Waals surface area contributed by atoms with Crippen LogP contribution in [0.25, 0.3) is 0 Å². The number of ether oxygens (including phenoxy) is 1. The van der Waals surface area contributed by atoms with Gasteiger partial charge in [-0.2, -0.15) is 5.10 Å². The molecule has 0 radical (unpaired) electrons. The Morgan fingerprint density at radius 3 is 2.72 bits per heavy atom. The van der Waals surface area contributed by atoms with Crippen LogP contribution in [-0.4, -0.2) is 16.9 Å². The number of methoxy groups -OCH3 is 1. The highest BCUT2D eigenvalue weighted by atomic mass is 16.5. The molecule has 0 aliphatic heterocycles. The molecule has 0 aliphatic rings. The lowest BCUT2D eigenvalue weighted by molar-refractivity contribution is 0.409. The maximum Gasteiger partial charge on any atom is 0.126 e. The van der Waals surface area contributed by atoms with E-state index < -0.39 is 0 Å². The molecule has 0 saturated carbocycles. The van der Waals surface area contributed by atoms with E-state index in [4.69, 9.17) is 4.74 Å². The third kappa shape index (κ3) is 2.47. The minimum Gasteiger partial charge on any atom is -0.496 e. The first-order chi connectivity index (χ1) is 8.61. The number of hydrogen-bond donors (Lipinski definition) is 1. The Morgan fingerprint density at radius 1 is 1.33 bits per heavy atom. The van der Waals surface area contributed by atoms with Gasteiger partial charge in [-0.3, -0.25) is 4.68 Å². The van der Waals surface area contributed by atoms with Gasteiger partial charge in [-0.25, -0.2) is 0 Å². The van der Waals surface area contributed by atoms with Crippen molar-refractivity contribution in [2.75, 3.05) is 12.4 Å². The van der Waals surface area contributed by atoms with Crippen LogP contribution in [0.4, 0.5) is 5.69 Å². The summed E-state index contributed by atoms with van der Waals surface area (Å²) in [5.41, 5.74) is 4.56. The van der Waals surface area contributed by atoms with Crippen LogP contribution >= 0.6 is 0 Å². The van der Waals surface area contributed by atoms with Crippen LogP contribution in [0.1, 0.15) is 16.7 Å². The molecule has 0 bridgehead atoms. The van der Waals surface area contributed by atoms with E-state index in [1.807, 2.05) is 19.4 Å². The minimum absolute atomic E-state index is 0.765. The molecule has 2 aromatic rings. The molecular weight excluding hydrogens is 226 g/mol. The highest BCUT2D eigenvalue weighted by Crippen LogP contribution is 2.29. The van der Waals surface area contributed by atoms with Crippen molar-refractivity contribution >= 4 is 5.69 Å². The second-order valence-corrected chi connectivity index (χ2v) is 4.46. The van der Waals surface area contributed by atoms with E-state index in [2.05, 4.69) is 36.4 Å². The summed E-state index contributed by atoms with van der Waals surface area (Å²) in [5, 5.41) is 7.56. The maximum atomic E-state index is 5.42. The monoisotopic (exact) mass is 245 g/mol. The zero-order chi connectivity index (χ0) is 13.1. The number of anilines is 1. The first-order valence-electron chi connectivity index (χ1n) is 5.97. The van der Waals surface area contributed by atoms with Gasteiger partial charge in [0.05, 0.1) is 13.3 Å². The number of aromatic nitrogens is 2. The SMILES string of the molecule is COc1c(C)ccc(NCc2cnn(C)c2)c1C. The van der Waals surface area contributed by atoms with Gasteiger partial charge in [-0.05, 0) is 25.5 Å². The summed E-state index contributed by atoms with van der Waals surface area (Å²) < 4.78 is 7.22. The summed E-state index contributed by atoms with van der Waals surface area (Å²) in [5.74, 6) is 0.950. The van der Waals surface area contributed by atoms with Crippen molar-refractivity contribution in [3.05, 3.63) is 41.2 Å². The molecule has 18 heavy (non-hydrogen) atoms. The Balaban J connectivity index is 2.14. The fraction of sp³-hybridized carbons (Fsp3) is 0.357. The van der Waals surface area contributed by atoms with Crippen LogP contribution < -0.4 is 10.1 Å². The molecule has 4 heteroatoms. The number of rotatable bonds is 4. The molecule has 0 spiro atoms. The van der Waals surface area contributed by atoms with E-state index in [0.29, 0.717) is 0 Å². The predicted octanol–water partition coefficient (Wildman–Crippen LogP) is 2.66. The van der Waals surface area contributed by atoms with Crippen LogP contribution in [0, 0.1) is 13.8 Å². The topological polar surface area (TPSA) is 39.1 Å². The maximum absolute atomic E-state index is 5.42. The third-order valence-corrected chi connectivity index (χ3v) is 3.05. The Labute approximate surface area is 108 Å². The quantitative estimate of drug-likeness (QED) is 0.900. The standard InChI is InChI=1S/C14H19N3O/c1-10-5-6-13(11(2)14(10)18-4)15-7-12-8-16-17(3)9-12/h5-6,8-9,15H,7H2,1-4H3. The molecule has 0 aliphatic carbocycles. The van der Waals surface area contributed by atoms with Gasteiger partial charge in [0.25, 0.3) is 0 Å². The van der Waals surface area contributed by atoms with E-state index in [1.165, 1.54) is 0 Å². The summed E-state index contributed by atoms with van der Waals surface area (Å²) in [6, 6.07) is 4.15. The molecule has 0 amide bonds. The van der Waals surface area contributed by atoms with E-state index in [-0.39, 0.29) is 0 Å². The van der Waals surface area contributed by atoms with Gasteiger partial charge in [0.1, 0.15) is 5.75 Å². The summed E-state index contributed by atoms with van der Waals surface area (Å²) in [4.78, 5) is 0. The van der Waals surface area contributed by atoms with Crippen molar-refractivity contribution in [1.29, 1.82) is 0 Å². The lowest BCUT2D eigenvalue weighted by Crippen LogP contribution is -2.02. The van der Waals surface area contributed by atoms with Gasteiger partial charge in [-0.1, -0.05) is 6.07 Å². The summed E-state index contributed by atoms with van der Waals surface area (Å²) in [7, 11) is 3.63. The Morgan fingerprint density at radius 2 is 2.11 bits per heavy atom. The zero-order valence-corrected chi connectivity index (χ0v) is 11.3. The molecule has 0 saturated heterocycles. The van der Waals surface area contributed by atoms with Crippen LogP contribution in [0.3, 0.4) is 0 Å². The van der Waals surface area contributed by atoms with Gasteiger partial charge < -0.3 is 10.1 Å². The molecule has 96 valence electrons. The van der Waals surface area contributed by atoms with Gasteiger partial charge in [-0.15, -0.1) is 0 Å². The lowest BCUT2D eigenvalue weighted by Gasteiger charge is -2.14. The van der Waals surface area contributed by atoms with Crippen molar-refractivity contribution in [3.8, 4) is 5.75 Å². The molecule has 4 nitrogen and oxygen atoms in total. The van der Waals surface area contributed by atoms with E-state index >= 15 is 0 Å². The van der Waals surface area contributed by atoms with Crippen molar-refractivity contribution in [2.45, 2.75) is 20.4 Å². The highest BCUT2D eigenvalue weighted by Gasteiger charge is 2.07. The summed E-state index contributed by atoms with van der Waals surface area (Å²) >= 11 is 0. The van der Waals surface area contributed by atoms with Crippen LogP contribution in [-0.2, 0) is 13.6 Å². The van der Waals surface area contributed by atoms with Crippen LogP contribution in [0.5, 0.6) is 5.75 Å². The van der Waals surface area contributed by atoms with E-state index in [0.717, 1.165) is 34.7 Å². The molecular formula is C14H19N3O. The largest absolute Gasteiger partial charge is 0.496 e. The van der Waals surface area contributed by atoms with Gasteiger partial charge in [0, 0.05) is 36.6 Å². The Hall–Kier alpha value is -1.97. The lowest BCUT2D eigenvalue weighted by atomic mass is 10.1. The van der Waals surface area contributed by atoms with Gasteiger partial charge in [0.2, 0.25) is 0 Å². The number of nitrogens with one attached hydrogen (secondary N) is 1. The first kappa shape index (κ1) is 12.5. The number of benzene rings is 1. The highest BCUT2D eigenvalue weighted by molar-refractivity contribution is 5.59. The van der Waals surface area contributed by atoms with E-state index in [1.54, 1.807) is 11.8 Å². The average molecular weight is 245 g/mol. The van der Waals surface area contributed by atoms with E-state index in [9.17, 15) is 0 Å². The molecule has 0 fully saturated rings. The fourth-order valence-electron chi connectivity index (χ4n) is 2.09. The van der Waals surface area contributed by atoms with Gasteiger partial charge >= 0.3 is 0 Å². The zero-order valence-electron chi connectivity index (χ0n) is 11.3. The van der Waals surface area contributed by atoms with Crippen molar-refractivity contribution in [2.24, 2.45) is 7.05 Å². The molecule has 1 aromatic carbocycles. The normalized spacial score (nSPS) is 10.4. The molecule has 1 N–H and O–H groups in total. The number of aryl methyl sites for hydroxylation is 2. The van der Waals surface area contributed by atoms with Crippen LogP contribution in [0.15, 0.2) is 24.5 Å². The molecule has 0 unspecified atom stereocenters. The van der Waals surface area contributed by atoms with Crippen molar-refractivity contribution < 1.29 is 4.74 Å². The fourth-order valence-corrected chi connectivity index (χ4v) is 2.09. The Bertz CT molecular complexity index is 546. The second kappa shape index (κ2) is 5.12. The average Bonchev–Trinajstić information content (AvgIpc) is 2.75. The first-order valence-corrected chi connectivity index (χ1v) is 5.97. The number of hydrogen-bond acceptors (Lipinski definition) is 3.